The van der Waals surface area contributed by atoms with Gasteiger partial charge in [-0.3, -0.25) is 14.4 Å². The molecule has 1 aromatic rings. The van der Waals surface area contributed by atoms with E-state index in [0.29, 0.717) is 30.3 Å². The quantitative estimate of drug-likeness (QED) is 0.430. The fourth-order valence-corrected chi connectivity index (χ4v) is 2.35. The first-order valence-corrected chi connectivity index (χ1v) is 8.01. The van der Waals surface area contributed by atoms with Crippen molar-refractivity contribution in [2.45, 2.75) is 20.8 Å². The lowest BCUT2D eigenvalue weighted by molar-refractivity contribution is -0.151. The molecule has 2 rings (SSSR count). The first-order valence-electron chi connectivity index (χ1n) is 8.01. The minimum atomic E-state index is -1.44. The van der Waals surface area contributed by atoms with Crippen molar-refractivity contribution in [2.24, 2.45) is 5.92 Å². The molecular weight excluding hydrogens is 324 g/mol. The minimum Gasteiger partial charge on any atom is -0.490 e. The number of benzene rings is 1. The summed E-state index contributed by atoms with van der Waals surface area (Å²) >= 11 is 0. The molecular formula is C19H20O6. The molecule has 0 aliphatic carbocycles. The van der Waals surface area contributed by atoms with Gasteiger partial charge in [0.2, 0.25) is 0 Å². The lowest BCUT2D eigenvalue weighted by Crippen LogP contribution is -2.34. The van der Waals surface area contributed by atoms with Crippen molar-refractivity contribution in [1.82, 2.24) is 0 Å². The zero-order valence-electron chi connectivity index (χ0n) is 14.4. The highest BCUT2D eigenvalue weighted by atomic mass is 16.5. The molecule has 0 radical (unpaired) electrons. The number of allylic oxidation sites excluding steroid dienone is 3. The van der Waals surface area contributed by atoms with Gasteiger partial charge >= 0.3 is 5.97 Å². The van der Waals surface area contributed by atoms with E-state index < -0.39 is 23.5 Å². The van der Waals surface area contributed by atoms with Crippen LogP contribution in [0.1, 0.15) is 26.3 Å². The molecule has 0 N–H and O–H groups in total. The lowest BCUT2D eigenvalue weighted by Gasteiger charge is -2.15. The summed E-state index contributed by atoms with van der Waals surface area (Å²) in [4.78, 5) is 35.8. The fourth-order valence-electron chi connectivity index (χ4n) is 2.35. The highest BCUT2D eigenvalue weighted by Gasteiger charge is 2.36. The molecule has 0 unspecified atom stereocenters. The zero-order valence-corrected chi connectivity index (χ0v) is 14.4. The van der Waals surface area contributed by atoms with Crippen LogP contribution in [0.5, 0.6) is 11.5 Å². The third kappa shape index (κ3) is 4.56. The van der Waals surface area contributed by atoms with Crippen LogP contribution in [0, 0.1) is 5.92 Å². The van der Waals surface area contributed by atoms with E-state index in [0.717, 1.165) is 6.08 Å². The summed E-state index contributed by atoms with van der Waals surface area (Å²) in [6.07, 6.45) is 3.87. The Morgan fingerprint density at radius 2 is 1.84 bits per heavy atom. The predicted molar refractivity (Wildman–Crippen MR) is 91.2 cm³/mol. The number of hydrogen-bond donors (Lipinski definition) is 0. The normalized spacial score (nSPS) is 17.2. The van der Waals surface area contributed by atoms with Crippen molar-refractivity contribution >= 4 is 23.6 Å². The summed E-state index contributed by atoms with van der Waals surface area (Å²) < 4.78 is 15.8. The molecule has 1 aliphatic heterocycles. The molecule has 6 heteroatoms. The molecule has 0 spiro atoms. The van der Waals surface area contributed by atoms with Gasteiger partial charge in [-0.1, -0.05) is 12.1 Å². The molecule has 0 saturated heterocycles. The molecule has 1 heterocycles. The van der Waals surface area contributed by atoms with E-state index in [4.69, 9.17) is 14.2 Å². The van der Waals surface area contributed by atoms with Crippen molar-refractivity contribution in [1.29, 1.82) is 0 Å². The number of carbonyl (C=O) groups is 3. The zero-order chi connectivity index (χ0) is 18.4. The molecule has 0 amide bonds. The Labute approximate surface area is 146 Å². The Morgan fingerprint density at radius 1 is 1.16 bits per heavy atom. The molecule has 1 atom stereocenters. The van der Waals surface area contributed by atoms with Gasteiger partial charge in [0.05, 0.1) is 13.2 Å². The summed E-state index contributed by atoms with van der Waals surface area (Å²) in [7, 11) is 0. The lowest BCUT2D eigenvalue weighted by atomic mass is 9.96. The SMILES string of the molecule is CCOc1ccc(/C=C\C(=O)[C@H]2C(=O)C=C(C)OC2=O)cc1OCC. The number of rotatable bonds is 7. The van der Waals surface area contributed by atoms with Gasteiger partial charge in [-0.25, -0.2) is 0 Å². The van der Waals surface area contributed by atoms with Crippen LogP contribution in [0.3, 0.4) is 0 Å². The number of esters is 1. The van der Waals surface area contributed by atoms with Gasteiger partial charge in [0.15, 0.2) is 29.0 Å². The van der Waals surface area contributed by atoms with Crippen LogP contribution >= 0.6 is 0 Å². The van der Waals surface area contributed by atoms with Gasteiger partial charge in [0.1, 0.15) is 5.76 Å². The van der Waals surface area contributed by atoms with E-state index in [1.54, 1.807) is 18.2 Å². The summed E-state index contributed by atoms with van der Waals surface area (Å²) in [5.74, 6) is -2.10. The number of carbonyl (C=O) groups excluding carboxylic acids is 3. The molecule has 0 bridgehead atoms. The maximum atomic E-state index is 12.2. The number of hydrogen-bond acceptors (Lipinski definition) is 6. The van der Waals surface area contributed by atoms with E-state index in [2.05, 4.69) is 0 Å². The second-order valence-corrected chi connectivity index (χ2v) is 5.32. The van der Waals surface area contributed by atoms with Crippen LogP contribution in [0.15, 0.2) is 36.1 Å². The van der Waals surface area contributed by atoms with Crippen LogP contribution in [0.4, 0.5) is 0 Å². The maximum Gasteiger partial charge on any atom is 0.329 e. The second-order valence-electron chi connectivity index (χ2n) is 5.32. The summed E-state index contributed by atoms with van der Waals surface area (Å²) in [6, 6.07) is 5.22. The van der Waals surface area contributed by atoms with Crippen LogP contribution < -0.4 is 9.47 Å². The van der Waals surface area contributed by atoms with Crippen LogP contribution in [0.25, 0.3) is 6.08 Å². The minimum absolute atomic E-state index is 0.191. The predicted octanol–water partition coefficient (Wildman–Crippen LogP) is 2.71. The Hall–Kier alpha value is -2.89. The van der Waals surface area contributed by atoms with E-state index in [1.807, 2.05) is 13.8 Å². The molecule has 6 nitrogen and oxygen atoms in total. The van der Waals surface area contributed by atoms with Crippen molar-refractivity contribution in [3.8, 4) is 11.5 Å². The molecule has 0 aromatic heterocycles. The monoisotopic (exact) mass is 344 g/mol. The first-order chi connectivity index (χ1) is 12.0. The summed E-state index contributed by atoms with van der Waals surface area (Å²) in [5.41, 5.74) is 0.684. The van der Waals surface area contributed by atoms with Crippen molar-refractivity contribution in [3.05, 3.63) is 41.7 Å². The van der Waals surface area contributed by atoms with E-state index >= 15 is 0 Å². The van der Waals surface area contributed by atoms with Gasteiger partial charge < -0.3 is 14.2 Å². The molecule has 0 fully saturated rings. The third-order valence-electron chi connectivity index (χ3n) is 3.42. The van der Waals surface area contributed by atoms with Crippen molar-refractivity contribution < 1.29 is 28.6 Å². The largest absolute Gasteiger partial charge is 0.490 e. The van der Waals surface area contributed by atoms with Gasteiger partial charge in [-0.2, -0.15) is 0 Å². The van der Waals surface area contributed by atoms with Gasteiger partial charge in [0.25, 0.3) is 0 Å². The van der Waals surface area contributed by atoms with Gasteiger partial charge in [-0.05, 0) is 44.5 Å². The highest BCUT2D eigenvalue weighted by Crippen LogP contribution is 2.29. The Bertz CT molecular complexity index is 744. The number of ketones is 2. The highest BCUT2D eigenvalue weighted by molar-refractivity contribution is 6.25. The molecule has 1 aliphatic rings. The summed E-state index contributed by atoms with van der Waals surface area (Å²) in [5, 5.41) is 0. The van der Waals surface area contributed by atoms with Crippen molar-refractivity contribution in [3.63, 3.8) is 0 Å². The fraction of sp³-hybridized carbons (Fsp3) is 0.316. The molecule has 0 saturated carbocycles. The average molecular weight is 344 g/mol. The first kappa shape index (κ1) is 18.4. The topological polar surface area (TPSA) is 78.9 Å². The molecule has 1 aromatic carbocycles. The van der Waals surface area contributed by atoms with Crippen LogP contribution in [-0.4, -0.2) is 30.7 Å². The van der Waals surface area contributed by atoms with Crippen molar-refractivity contribution in [2.75, 3.05) is 13.2 Å². The number of ether oxygens (including phenoxy) is 3. The van der Waals surface area contributed by atoms with Crippen LogP contribution in [-0.2, 0) is 19.1 Å². The Balaban J connectivity index is 2.18. The Kier molecular flexibility index (Phi) is 6.11. The maximum absolute atomic E-state index is 12.2. The third-order valence-corrected chi connectivity index (χ3v) is 3.42. The van der Waals surface area contributed by atoms with E-state index in [9.17, 15) is 14.4 Å². The number of cyclic esters (lactones) is 1. The second kappa shape index (κ2) is 8.28. The smallest absolute Gasteiger partial charge is 0.329 e. The standard InChI is InChI=1S/C19H20O6/c1-4-23-16-9-7-13(11-17(16)24-5-2)6-8-14(20)18-15(21)10-12(3)25-19(18)22/h6-11,18H,4-5H2,1-3H3/b8-6-/t18-/m0/s1. The molecule has 132 valence electrons. The Morgan fingerprint density at radius 3 is 2.48 bits per heavy atom. The molecule has 25 heavy (non-hydrogen) atoms. The van der Waals surface area contributed by atoms with Gasteiger partial charge in [-0.15, -0.1) is 0 Å². The average Bonchev–Trinajstić information content (AvgIpc) is 2.54. The van der Waals surface area contributed by atoms with Gasteiger partial charge in [0, 0.05) is 6.08 Å². The summed E-state index contributed by atoms with van der Waals surface area (Å²) in [6.45, 7) is 6.20. The van der Waals surface area contributed by atoms with E-state index in [1.165, 1.54) is 19.1 Å². The van der Waals surface area contributed by atoms with E-state index in [-0.39, 0.29) is 5.76 Å². The van der Waals surface area contributed by atoms with Crippen LogP contribution in [0.2, 0.25) is 0 Å².